The van der Waals surface area contributed by atoms with Gasteiger partial charge in [-0.2, -0.15) is 0 Å². The fourth-order valence-corrected chi connectivity index (χ4v) is 4.94. The van der Waals surface area contributed by atoms with Crippen molar-refractivity contribution in [1.29, 1.82) is 0 Å². The summed E-state index contributed by atoms with van der Waals surface area (Å²) in [6.45, 7) is 0.788. The molecule has 0 aliphatic rings. The van der Waals surface area contributed by atoms with Crippen molar-refractivity contribution in [2.75, 3.05) is 24.2 Å². The smallest absolute Gasteiger partial charge is 0.244 e. The molecule has 0 fully saturated rings. The molecule has 0 radical (unpaired) electrons. The second kappa shape index (κ2) is 11.3. The summed E-state index contributed by atoms with van der Waals surface area (Å²) in [5.74, 6) is -1.13. The molecule has 0 aromatic heterocycles. The Kier molecular flexibility index (Phi) is 9.56. The Morgan fingerprint density at radius 1 is 0.970 bits per heavy atom. The molecule has 0 heterocycles. The summed E-state index contributed by atoms with van der Waals surface area (Å²) in [6, 6.07) is 6.30. The van der Waals surface area contributed by atoms with Crippen LogP contribution < -0.4 is 9.62 Å². The van der Waals surface area contributed by atoms with Gasteiger partial charge >= 0.3 is 0 Å². The van der Waals surface area contributed by atoms with E-state index in [0.29, 0.717) is 10.6 Å². The minimum atomic E-state index is -3.98. The Morgan fingerprint density at radius 2 is 1.58 bits per heavy atom. The summed E-state index contributed by atoms with van der Waals surface area (Å²) >= 11 is 30.4. The number of hydrogen-bond donors (Lipinski definition) is 1. The Labute approximate surface area is 217 Å². The van der Waals surface area contributed by atoms with Gasteiger partial charge in [0.2, 0.25) is 21.8 Å². The molecule has 33 heavy (non-hydrogen) atoms. The third-order valence-electron chi connectivity index (χ3n) is 4.71. The molecule has 0 unspecified atom stereocenters. The molecular formula is C20H20Cl5N3O4S. The van der Waals surface area contributed by atoms with Crippen molar-refractivity contribution in [2.24, 2.45) is 0 Å². The fourth-order valence-electron chi connectivity index (χ4n) is 2.92. The Bertz CT molecular complexity index is 1180. The second-order valence-corrected chi connectivity index (χ2v) is 11.0. The summed E-state index contributed by atoms with van der Waals surface area (Å²) in [4.78, 5) is 26.9. The predicted molar refractivity (Wildman–Crippen MR) is 134 cm³/mol. The van der Waals surface area contributed by atoms with E-state index in [0.717, 1.165) is 10.6 Å². The quantitative estimate of drug-likeness (QED) is 0.455. The highest BCUT2D eigenvalue weighted by atomic mass is 35.5. The molecule has 13 heteroatoms. The van der Waals surface area contributed by atoms with Gasteiger partial charge in [0.15, 0.2) is 0 Å². The van der Waals surface area contributed by atoms with E-state index in [-0.39, 0.29) is 32.3 Å². The maximum absolute atomic E-state index is 13.3. The number of amides is 2. The number of carbonyl (C=O) groups is 2. The lowest BCUT2D eigenvalue weighted by Crippen LogP contribution is -2.50. The van der Waals surface area contributed by atoms with Crippen molar-refractivity contribution in [2.45, 2.75) is 19.5 Å². The van der Waals surface area contributed by atoms with Crippen molar-refractivity contribution in [3.63, 3.8) is 0 Å². The fraction of sp³-hybridized carbons (Fsp3) is 0.300. The molecule has 0 spiro atoms. The van der Waals surface area contributed by atoms with Crippen LogP contribution in [0, 0.1) is 0 Å². The first kappa shape index (κ1) is 27.8. The maximum atomic E-state index is 13.3. The lowest BCUT2D eigenvalue weighted by atomic mass is 10.1. The van der Waals surface area contributed by atoms with Crippen LogP contribution in [0.3, 0.4) is 0 Å². The zero-order valence-electron chi connectivity index (χ0n) is 17.7. The zero-order chi connectivity index (χ0) is 25.1. The van der Waals surface area contributed by atoms with Gasteiger partial charge in [0.05, 0.1) is 27.0 Å². The highest BCUT2D eigenvalue weighted by molar-refractivity contribution is 7.92. The predicted octanol–water partition coefficient (Wildman–Crippen LogP) is 4.88. The highest BCUT2D eigenvalue weighted by Gasteiger charge is 2.31. The molecule has 180 valence electrons. The molecule has 2 rings (SSSR count). The number of likely N-dealkylation sites (N-methyl/N-ethyl adjacent to an activating group) is 1. The van der Waals surface area contributed by atoms with Gasteiger partial charge in [-0.1, -0.05) is 64.1 Å². The van der Waals surface area contributed by atoms with E-state index in [2.05, 4.69) is 5.32 Å². The van der Waals surface area contributed by atoms with Gasteiger partial charge < -0.3 is 10.2 Å². The van der Waals surface area contributed by atoms with Crippen LogP contribution in [0.15, 0.2) is 30.3 Å². The van der Waals surface area contributed by atoms with Gasteiger partial charge in [0.1, 0.15) is 12.6 Å². The topological polar surface area (TPSA) is 86.8 Å². The van der Waals surface area contributed by atoms with Crippen LogP contribution in [0.2, 0.25) is 25.1 Å². The Balaban J connectivity index is 2.48. The molecule has 2 aromatic rings. The van der Waals surface area contributed by atoms with Crippen LogP contribution in [0.25, 0.3) is 0 Å². The normalized spacial score (nSPS) is 12.2. The van der Waals surface area contributed by atoms with Gasteiger partial charge in [-0.15, -0.1) is 0 Å². The van der Waals surface area contributed by atoms with Crippen LogP contribution >= 0.6 is 58.0 Å². The van der Waals surface area contributed by atoms with E-state index in [4.69, 9.17) is 58.0 Å². The van der Waals surface area contributed by atoms with E-state index in [1.54, 1.807) is 12.1 Å². The standard InChI is InChI=1S/C20H20Cl5N3O4S/c1-11(20(30)26-2)27(9-12-4-5-13(21)6-14(12)22)19(29)10-28(33(3,31)32)18-8-16(24)15(23)7-17(18)25/h4-8,11H,9-10H2,1-3H3,(H,26,30)/t11-/m0/s1. The Hall–Kier alpha value is -1.42. The third kappa shape index (κ3) is 7.04. The van der Waals surface area contributed by atoms with Gasteiger partial charge in [0.25, 0.3) is 0 Å². The lowest BCUT2D eigenvalue weighted by Gasteiger charge is -2.31. The van der Waals surface area contributed by atoms with Crippen molar-refractivity contribution in [3.8, 4) is 0 Å². The van der Waals surface area contributed by atoms with Crippen LogP contribution in [0.1, 0.15) is 12.5 Å². The summed E-state index contributed by atoms with van der Waals surface area (Å²) < 4.78 is 25.9. The number of benzene rings is 2. The molecule has 1 atom stereocenters. The molecule has 2 aromatic carbocycles. The number of rotatable bonds is 8. The number of hydrogen-bond acceptors (Lipinski definition) is 4. The molecule has 0 aliphatic heterocycles. The van der Waals surface area contributed by atoms with Gasteiger partial charge in [-0.25, -0.2) is 8.42 Å². The summed E-state index contributed by atoms with van der Waals surface area (Å²) in [5.41, 5.74) is 0.489. The van der Waals surface area contributed by atoms with E-state index in [1.165, 1.54) is 37.1 Å². The first-order valence-corrected chi connectivity index (χ1v) is 13.1. The number of halogens is 5. The van der Waals surface area contributed by atoms with Gasteiger partial charge in [-0.3, -0.25) is 13.9 Å². The minimum Gasteiger partial charge on any atom is -0.357 e. The lowest BCUT2D eigenvalue weighted by molar-refractivity contribution is -0.139. The van der Waals surface area contributed by atoms with E-state index < -0.39 is 34.4 Å². The van der Waals surface area contributed by atoms with Crippen molar-refractivity contribution in [3.05, 3.63) is 61.0 Å². The second-order valence-electron chi connectivity index (χ2n) is 7.03. The van der Waals surface area contributed by atoms with Gasteiger partial charge in [0, 0.05) is 23.6 Å². The number of nitrogens with zero attached hydrogens (tertiary/aromatic N) is 2. The monoisotopic (exact) mass is 573 g/mol. The zero-order valence-corrected chi connectivity index (χ0v) is 22.3. The van der Waals surface area contributed by atoms with Crippen molar-refractivity contribution >= 4 is 85.5 Å². The number of anilines is 1. The van der Waals surface area contributed by atoms with Crippen LogP contribution in [0.5, 0.6) is 0 Å². The average molecular weight is 576 g/mol. The van der Waals surface area contributed by atoms with Crippen molar-refractivity contribution in [1.82, 2.24) is 10.2 Å². The molecule has 0 saturated carbocycles. The van der Waals surface area contributed by atoms with E-state index >= 15 is 0 Å². The summed E-state index contributed by atoms with van der Waals surface area (Å²) in [5, 5.41) is 3.33. The van der Waals surface area contributed by atoms with Gasteiger partial charge in [-0.05, 0) is 36.8 Å². The SMILES string of the molecule is CNC(=O)[C@H](C)N(Cc1ccc(Cl)cc1Cl)C(=O)CN(c1cc(Cl)c(Cl)cc1Cl)S(C)(=O)=O. The molecule has 1 N–H and O–H groups in total. The van der Waals surface area contributed by atoms with Crippen LogP contribution in [0.4, 0.5) is 5.69 Å². The number of carbonyl (C=O) groups excluding carboxylic acids is 2. The molecule has 0 aliphatic carbocycles. The molecule has 7 nitrogen and oxygen atoms in total. The molecule has 0 saturated heterocycles. The largest absolute Gasteiger partial charge is 0.357 e. The van der Waals surface area contributed by atoms with E-state index in [1.807, 2.05) is 0 Å². The first-order chi connectivity index (χ1) is 15.3. The minimum absolute atomic E-state index is 0.0192. The van der Waals surface area contributed by atoms with Crippen LogP contribution in [-0.2, 0) is 26.2 Å². The number of nitrogens with one attached hydrogen (secondary N) is 1. The highest BCUT2D eigenvalue weighted by Crippen LogP contribution is 2.35. The van der Waals surface area contributed by atoms with Crippen molar-refractivity contribution < 1.29 is 18.0 Å². The maximum Gasteiger partial charge on any atom is 0.244 e. The molecule has 0 bridgehead atoms. The molecule has 2 amide bonds. The van der Waals surface area contributed by atoms with Crippen LogP contribution in [-0.4, -0.2) is 51.0 Å². The average Bonchev–Trinajstić information content (AvgIpc) is 2.72. The van der Waals surface area contributed by atoms with E-state index in [9.17, 15) is 18.0 Å². The molecular weight excluding hydrogens is 556 g/mol. The summed E-state index contributed by atoms with van der Waals surface area (Å²) in [6.07, 6.45) is 0.918. The third-order valence-corrected chi connectivity index (χ3v) is 7.45. The summed E-state index contributed by atoms with van der Waals surface area (Å²) in [7, 11) is -2.56. The first-order valence-electron chi connectivity index (χ1n) is 9.33. The number of sulfonamides is 1. The Morgan fingerprint density at radius 3 is 2.12 bits per heavy atom.